The van der Waals surface area contributed by atoms with Gasteiger partial charge in [-0.1, -0.05) is 81.0 Å². The Morgan fingerprint density at radius 1 is 0.844 bits per heavy atom. The highest BCUT2D eigenvalue weighted by molar-refractivity contribution is 5.97. The Labute approximate surface area is 271 Å². The summed E-state index contributed by atoms with van der Waals surface area (Å²) < 4.78 is 23.3. The number of carbonyl (C=O) groups excluding carboxylic acids is 2. The summed E-state index contributed by atoms with van der Waals surface area (Å²) in [6.45, 7) is 22.2. The smallest absolute Gasteiger partial charge is 0.407 e. The van der Waals surface area contributed by atoms with Gasteiger partial charge < -0.3 is 29.4 Å². The normalized spacial score (nSPS) is 14.4. The Kier molecular flexibility index (Phi) is 17.4. The Hall–Kier alpha value is -4.20. The van der Waals surface area contributed by atoms with Crippen LogP contribution in [0.4, 0.5) is 4.79 Å². The second-order valence-electron chi connectivity index (χ2n) is 9.69. The molecule has 0 aliphatic carbocycles. The number of benzene rings is 3. The summed E-state index contributed by atoms with van der Waals surface area (Å²) in [5.41, 5.74) is 0.756. The zero-order chi connectivity index (χ0) is 33.5. The molecule has 1 spiro atoms. The van der Waals surface area contributed by atoms with Crippen LogP contribution in [-0.2, 0) is 15.1 Å². The van der Waals surface area contributed by atoms with Gasteiger partial charge in [-0.3, -0.25) is 0 Å². The second kappa shape index (κ2) is 19.2. The van der Waals surface area contributed by atoms with E-state index in [1.165, 1.54) is 6.07 Å². The van der Waals surface area contributed by atoms with Gasteiger partial charge in [0.1, 0.15) is 28.6 Å². The molecule has 2 heterocycles. The largest absolute Gasteiger partial charge is 0.508 e. The van der Waals surface area contributed by atoms with E-state index in [4.69, 9.17) is 18.9 Å². The van der Waals surface area contributed by atoms with Crippen molar-refractivity contribution in [2.75, 3.05) is 13.2 Å². The predicted octanol–water partition coefficient (Wildman–Crippen LogP) is 9.99. The van der Waals surface area contributed by atoms with Crippen molar-refractivity contribution >= 4 is 12.1 Å². The molecular formula is C37H55NO7. The van der Waals surface area contributed by atoms with Crippen molar-refractivity contribution in [3.05, 3.63) is 82.9 Å². The first-order chi connectivity index (χ1) is 21.2. The summed E-state index contributed by atoms with van der Waals surface area (Å²) in [4.78, 5) is 24.6. The van der Waals surface area contributed by atoms with Gasteiger partial charge in [-0.2, -0.15) is 0 Å². The van der Waals surface area contributed by atoms with Crippen molar-refractivity contribution in [3.63, 3.8) is 0 Å². The number of fused-ring (bicyclic) bond motifs is 6. The molecule has 1 amide bonds. The van der Waals surface area contributed by atoms with E-state index in [1.807, 2.05) is 94.4 Å². The Bertz CT molecular complexity index is 1350. The molecule has 0 saturated carbocycles. The number of phenols is 1. The van der Waals surface area contributed by atoms with Crippen molar-refractivity contribution in [1.29, 1.82) is 0 Å². The molecule has 1 atom stereocenters. The zero-order valence-corrected chi connectivity index (χ0v) is 28.3. The number of alkyl carbamates (subject to hydrolysis) is 1. The van der Waals surface area contributed by atoms with E-state index in [9.17, 15) is 14.7 Å². The number of carbonyl (C=O) groups is 2. The molecule has 1 unspecified atom stereocenters. The standard InChI is InChI=1S/C28H27NO7.4C2H6.CH4/c1-27(2,3)36-26(32)29-13-6-14-33-18-10-12-22-24(16-18)34-23-15-17(30)9-11-21(23)28(22)20-8-5-4-7-19(20)25(31)35-28;4*1-2;/h4-5,7-12,15-16,30H,6,13-14H2,1-3H3,(H,29,32);4*1-2H3;1H4. The lowest BCUT2D eigenvalue weighted by molar-refractivity contribution is 0.0223. The van der Waals surface area contributed by atoms with Crippen LogP contribution < -0.4 is 14.8 Å². The van der Waals surface area contributed by atoms with Crippen LogP contribution in [0.3, 0.4) is 0 Å². The maximum Gasteiger partial charge on any atom is 0.407 e. The topological polar surface area (TPSA) is 103 Å². The van der Waals surface area contributed by atoms with Gasteiger partial charge in [0, 0.05) is 35.4 Å². The first-order valence-corrected chi connectivity index (χ1v) is 15.8. The van der Waals surface area contributed by atoms with Crippen molar-refractivity contribution in [2.45, 2.75) is 101 Å². The summed E-state index contributed by atoms with van der Waals surface area (Å²) in [6, 6.07) is 17.4. The summed E-state index contributed by atoms with van der Waals surface area (Å²) in [6.07, 6.45) is 0.103. The van der Waals surface area contributed by atoms with Crippen LogP contribution in [0.25, 0.3) is 0 Å². The first kappa shape index (κ1) is 40.8. The minimum atomic E-state index is -1.19. The lowest BCUT2D eigenvalue weighted by Crippen LogP contribution is -2.33. The number of aromatic hydroxyl groups is 1. The Morgan fingerprint density at radius 3 is 2.04 bits per heavy atom. The van der Waals surface area contributed by atoms with Crippen LogP contribution in [-0.4, -0.2) is 35.9 Å². The SMILES string of the molecule is C.CC.CC.CC.CC.CC(C)(C)OC(=O)NCCCOc1ccc2c(c1)Oc1cc(O)ccc1C21OC(=O)c2ccccc21. The minimum absolute atomic E-state index is 0. The molecule has 8 nitrogen and oxygen atoms in total. The molecule has 3 aromatic carbocycles. The highest BCUT2D eigenvalue weighted by Crippen LogP contribution is 2.56. The van der Waals surface area contributed by atoms with Crippen LogP contribution in [0.1, 0.15) is 117 Å². The monoisotopic (exact) mass is 625 g/mol. The molecule has 8 heteroatoms. The van der Waals surface area contributed by atoms with Crippen LogP contribution in [0.2, 0.25) is 0 Å². The van der Waals surface area contributed by atoms with Gasteiger partial charge in [0.15, 0.2) is 5.60 Å². The average Bonchev–Trinajstić information content (AvgIpc) is 3.32. The lowest BCUT2D eigenvalue weighted by atomic mass is 9.77. The maximum absolute atomic E-state index is 12.8. The van der Waals surface area contributed by atoms with E-state index in [2.05, 4.69) is 5.32 Å². The molecule has 2 N–H and O–H groups in total. The molecule has 0 fully saturated rings. The van der Waals surface area contributed by atoms with Crippen LogP contribution in [0, 0.1) is 0 Å². The third-order valence-electron chi connectivity index (χ3n) is 5.93. The fourth-order valence-electron chi connectivity index (χ4n) is 4.50. The number of rotatable bonds is 5. The van der Waals surface area contributed by atoms with Crippen LogP contribution in [0.5, 0.6) is 23.0 Å². The van der Waals surface area contributed by atoms with E-state index in [-0.39, 0.29) is 13.2 Å². The van der Waals surface area contributed by atoms with Gasteiger partial charge in [0.2, 0.25) is 0 Å². The van der Waals surface area contributed by atoms with E-state index < -0.39 is 23.3 Å². The molecule has 3 aromatic rings. The number of amides is 1. The lowest BCUT2D eigenvalue weighted by Gasteiger charge is -2.36. The quantitative estimate of drug-likeness (QED) is 0.215. The number of nitrogens with one attached hydrogen (secondary N) is 1. The maximum atomic E-state index is 12.8. The average molecular weight is 626 g/mol. The highest BCUT2D eigenvalue weighted by atomic mass is 16.6. The minimum Gasteiger partial charge on any atom is -0.508 e. The van der Waals surface area contributed by atoms with Gasteiger partial charge in [0.05, 0.1) is 12.2 Å². The third kappa shape index (κ3) is 9.64. The van der Waals surface area contributed by atoms with E-state index >= 15 is 0 Å². The zero-order valence-electron chi connectivity index (χ0n) is 28.3. The Balaban J connectivity index is 0.00000200. The first-order valence-electron chi connectivity index (χ1n) is 15.8. The van der Waals surface area contributed by atoms with Gasteiger partial charge in [-0.05, 0) is 57.5 Å². The molecule has 250 valence electrons. The fourth-order valence-corrected chi connectivity index (χ4v) is 4.50. The summed E-state index contributed by atoms with van der Waals surface area (Å²) in [5, 5.41) is 12.8. The summed E-state index contributed by atoms with van der Waals surface area (Å²) in [7, 11) is 0. The van der Waals surface area contributed by atoms with E-state index in [0.717, 1.165) is 0 Å². The van der Waals surface area contributed by atoms with Crippen LogP contribution >= 0.6 is 0 Å². The van der Waals surface area contributed by atoms with Gasteiger partial charge in [-0.25, -0.2) is 9.59 Å². The molecule has 2 aliphatic rings. The predicted molar refractivity (Wildman–Crippen MR) is 183 cm³/mol. The van der Waals surface area contributed by atoms with Crippen LogP contribution in [0.15, 0.2) is 60.7 Å². The molecule has 2 aliphatic heterocycles. The molecule has 0 bridgehead atoms. The summed E-state index contributed by atoms with van der Waals surface area (Å²) in [5.74, 6) is 1.03. The molecule has 0 saturated heterocycles. The fraction of sp³-hybridized carbons (Fsp3) is 0.459. The van der Waals surface area contributed by atoms with E-state index in [0.29, 0.717) is 59.1 Å². The number of ether oxygens (including phenoxy) is 4. The number of phenolic OH excluding ortho intramolecular Hbond substituents is 1. The van der Waals surface area contributed by atoms with Crippen molar-refractivity contribution in [1.82, 2.24) is 5.32 Å². The van der Waals surface area contributed by atoms with Gasteiger partial charge >= 0.3 is 12.1 Å². The van der Waals surface area contributed by atoms with Crippen molar-refractivity contribution in [3.8, 4) is 23.0 Å². The van der Waals surface area contributed by atoms with Gasteiger partial charge in [0.25, 0.3) is 0 Å². The third-order valence-corrected chi connectivity index (χ3v) is 5.93. The number of hydrogen-bond acceptors (Lipinski definition) is 7. The highest BCUT2D eigenvalue weighted by Gasteiger charge is 2.53. The molecule has 45 heavy (non-hydrogen) atoms. The molecular weight excluding hydrogens is 570 g/mol. The number of hydrogen-bond donors (Lipinski definition) is 2. The van der Waals surface area contributed by atoms with Gasteiger partial charge in [-0.15, -0.1) is 0 Å². The summed E-state index contributed by atoms with van der Waals surface area (Å²) >= 11 is 0. The molecule has 5 rings (SSSR count). The van der Waals surface area contributed by atoms with Crippen molar-refractivity contribution < 1.29 is 33.6 Å². The molecule has 0 radical (unpaired) electrons. The van der Waals surface area contributed by atoms with Crippen molar-refractivity contribution in [2.24, 2.45) is 0 Å². The Morgan fingerprint density at radius 2 is 1.42 bits per heavy atom. The second-order valence-corrected chi connectivity index (χ2v) is 9.69. The molecule has 0 aromatic heterocycles. The van der Waals surface area contributed by atoms with E-state index in [1.54, 1.807) is 36.4 Å². The number of esters is 1.